The Balaban J connectivity index is 2.05. The lowest BCUT2D eigenvalue weighted by atomic mass is 9.90. The van der Waals surface area contributed by atoms with Crippen molar-refractivity contribution in [1.82, 2.24) is 10.2 Å². The molecule has 2 rings (SSSR count). The first-order valence-electron chi connectivity index (χ1n) is 7.92. The Labute approximate surface area is 114 Å². The standard InChI is InChI=1S/C16H32N2/c1-6-13-11-18(15(10-17-13)12(2)3)14-7-8-16(4,5)9-14/h12-15,17H,6-11H2,1-5H3. The monoisotopic (exact) mass is 252 g/mol. The van der Waals surface area contributed by atoms with Crippen molar-refractivity contribution in [2.75, 3.05) is 13.1 Å². The van der Waals surface area contributed by atoms with E-state index >= 15 is 0 Å². The van der Waals surface area contributed by atoms with Crippen LogP contribution in [0.2, 0.25) is 0 Å². The van der Waals surface area contributed by atoms with Crippen LogP contribution in [0, 0.1) is 11.3 Å². The fourth-order valence-corrected chi connectivity index (χ4v) is 3.85. The summed E-state index contributed by atoms with van der Waals surface area (Å²) >= 11 is 0. The molecule has 0 bridgehead atoms. The molecule has 2 aliphatic rings. The van der Waals surface area contributed by atoms with Gasteiger partial charge in [0, 0.05) is 31.2 Å². The van der Waals surface area contributed by atoms with Crippen molar-refractivity contribution >= 4 is 0 Å². The van der Waals surface area contributed by atoms with Crippen LogP contribution >= 0.6 is 0 Å². The number of hydrogen-bond donors (Lipinski definition) is 1. The third-order valence-corrected chi connectivity index (χ3v) is 5.15. The summed E-state index contributed by atoms with van der Waals surface area (Å²) in [6, 6.07) is 2.29. The molecular formula is C16H32N2. The molecular weight excluding hydrogens is 220 g/mol. The normalized spacial score (nSPS) is 37.3. The highest BCUT2D eigenvalue weighted by Gasteiger charge is 2.39. The van der Waals surface area contributed by atoms with Gasteiger partial charge in [0.25, 0.3) is 0 Å². The van der Waals surface area contributed by atoms with E-state index < -0.39 is 0 Å². The van der Waals surface area contributed by atoms with Crippen molar-refractivity contribution in [2.24, 2.45) is 11.3 Å². The van der Waals surface area contributed by atoms with Crippen LogP contribution in [0.25, 0.3) is 0 Å². The van der Waals surface area contributed by atoms with Crippen molar-refractivity contribution in [3.8, 4) is 0 Å². The fraction of sp³-hybridized carbons (Fsp3) is 1.00. The van der Waals surface area contributed by atoms with Crippen LogP contribution in [-0.2, 0) is 0 Å². The molecule has 1 saturated heterocycles. The second-order valence-electron chi connectivity index (χ2n) is 7.58. The number of rotatable bonds is 3. The number of piperazine rings is 1. The van der Waals surface area contributed by atoms with Crippen LogP contribution in [0.5, 0.6) is 0 Å². The lowest BCUT2D eigenvalue weighted by molar-refractivity contribution is 0.0528. The minimum atomic E-state index is 0.568. The smallest absolute Gasteiger partial charge is 0.0247 e. The van der Waals surface area contributed by atoms with Crippen LogP contribution < -0.4 is 5.32 Å². The minimum Gasteiger partial charge on any atom is -0.311 e. The summed E-state index contributed by atoms with van der Waals surface area (Å²) in [5.74, 6) is 0.763. The summed E-state index contributed by atoms with van der Waals surface area (Å²) in [7, 11) is 0. The first-order valence-corrected chi connectivity index (χ1v) is 7.92. The summed E-state index contributed by atoms with van der Waals surface area (Å²) in [5.41, 5.74) is 0.568. The molecule has 106 valence electrons. The Hall–Kier alpha value is -0.0800. The molecule has 1 aliphatic heterocycles. The molecule has 0 spiro atoms. The lowest BCUT2D eigenvalue weighted by Crippen LogP contribution is -2.60. The van der Waals surface area contributed by atoms with Gasteiger partial charge in [0.15, 0.2) is 0 Å². The first kappa shape index (κ1) is 14.3. The van der Waals surface area contributed by atoms with E-state index in [9.17, 15) is 0 Å². The molecule has 2 heteroatoms. The zero-order valence-electron chi connectivity index (χ0n) is 13.0. The maximum atomic E-state index is 3.73. The molecule has 1 heterocycles. The molecule has 1 saturated carbocycles. The second-order valence-corrected chi connectivity index (χ2v) is 7.58. The van der Waals surface area contributed by atoms with E-state index in [0.717, 1.165) is 18.0 Å². The van der Waals surface area contributed by atoms with Gasteiger partial charge >= 0.3 is 0 Å². The molecule has 3 unspecified atom stereocenters. The van der Waals surface area contributed by atoms with E-state index in [4.69, 9.17) is 0 Å². The van der Waals surface area contributed by atoms with Gasteiger partial charge in [-0.15, -0.1) is 0 Å². The average molecular weight is 252 g/mol. The minimum absolute atomic E-state index is 0.568. The highest BCUT2D eigenvalue weighted by atomic mass is 15.3. The van der Waals surface area contributed by atoms with Gasteiger partial charge in [0.1, 0.15) is 0 Å². The second kappa shape index (κ2) is 5.50. The zero-order chi connectivity index (χ0) is 13.3. The van der Waals surface area contributed by atoms with Crippen molar-refractivity contribution in [2.45, 2.75) is 78.4 Å². The molecule has 2 nitrogen and oxygen atoms in total. The van der Waals surface area contributed by atoms with Crippen LogP contribution in [0.3, 0.4) is 0 Å². The van der Waals surface area contributed by atoms with Crippen molar-refractivity contribution in [3.05, 3.63) is 0 Å². The van der Waals surface area contributed by atoms with Crippen molar-refractivity contribution < 1.29 is 0 Å². The summed E-state index contributed by atoms with van der Waals surface area (Å²) in [6.07, 6.45) is 5.47. The Morgan fingerprint density at radius 3 is 2.56 bits per heavy atom. The van der Waals surface area contributed by atoms with Crippen LogP contribution in [0.1, 0.15) is 60.3 Å². The summed E-state index contributed by atoms with van der Waals surface area (Å²) in [5, 5.41) is 3.73. The van der Waals surface area contributed by atoms with Crippen LogP contribution in [0.15, 0.2) is 0 Å². The number of nitrogens with one attached hydrogen (secondary N) is 1. The van der Waals surface area contributed by atoms with Gasteiger partial charge in [-0.2, -0.15) is 0 Å². The van der Waals surface area contributed by atoms with Gasteiger partial charge < -0.3 is 5.32 Å². The van der Waals surface area contributed by atoms with Gasteiger partial charge in [-0.25, -0.2) is 0 Å². The zero-order valence-corrected chi connectivity index (χ0v) is 13.0. The van der Waals surface area contributed by atoms with E-state index in [1.807, 2.05) is 0 Å². The van der Waals surface area contributed by atoms with Gasteiger partial charge in [0.2, 0.25) is 0 Å². The molecule has 2 fully saturated rings. The third-order valence-electron chi connectivity index (χ3n) is 5.15. The largest absolute Gasteiger partial charge is 0.311 e. The van der Waals surface area contributed by atoms with Gasteiger partial charge in [-0.3, -0.25) is 4.90 Å². The van der Waals surface area contributed by atoms with Crippen LogP contribution in [-0.4, -0.2) is 36.1 Å². The quantitative estimate of drug-likeness (QED) is 0.829. The van der Waals surface area contributed by atoms with Crippen molar-refractivity contribution in [3.63, 3.8) is 0 Å². The molecule has 3 atom stereocenters. The lowest BCUT2D eigenvalue weighted by Gasteiger charge is -2.45. The Kier molecular flexibility index (Phi) is 4.38. The maximum absolute atomic E-state index is 3.73. The molecule has 18 heavy (non-hydrogen) atoms. The predicted molar refractivity (Wildman–Crippen MR) is 78.8 cm³/mol. The molecule has 0 amide bonds. The Morgan fingerprint density at radius 1 is 1.33 bits per heavy atom. The Bertz CT molecular complexity index is 272. The summed E-state index contributed by atoms with van der Waals surface area (Å²) in [6.45, 7) is 14.4. The number of hydrogen-bond acceptors (Lipinski definition) is 2. The van der Waals surface area contributed by atoms with Crippen molar-refractivity contribution in [1.29, 1.82) is 0 Å². The van der Waals surface area contributed by atoms with Gasteiger partial charge in [-0.1, -0.05) is 34.6 Å². The molecule has 1 N–H and O–H groups in total. The summed E-state index contributed by atoms with van der Waals surface area (Å²) in [4.78, 5) is 2.85. The van der Waals surface area contributed by atoms with E-state index in [-0.39, 0.29) is 0 Å². The predicted octanol–water partition coefficient (Wildman–Crippen LogP) is 3.27. The topological polar surface area (TPSA) is 15.3 Å². The van der Waals surface area contributed by atoms with E-state index in [2.05, 4.69) is 44.8 Å². The SMILES string of the molecule is CCC1CN(C2CCC(C)(C)C2)C(C(C)C)CN1. The maximum Gasteiger partial charge on any atom is 0.0247 e. The van der Waals surface area contributed by atoms with Gasteiger partial charge in [0.05, 0.1) is 0 Å². The Morgan fingerprint density at radius 2 is 2.06 bits per heavy atom. The third kappa shape index (κ3) is 3.08. The molecule has 0 radical (unpaired) electrons. The molecule has 1 aliphatic carbocycles. The average Bonchev–Trinajstić information content (AvgIpc) is 2.68. The van der Waals surface area contributed by atoms with E-state index in [0.29, 0.717) is 11.5 Å². The summed E-state index contributed by atoms with van der Waals surface area (Å²) < 4.78 is 0. The fourth-order valence-electron chi connectivity index (χ4n) is 3.85. The highest BCUT2D eigenvalue weighted by molar-refractivity contribution is 4.95. The van der Waals surface area contributed by atoms with Crippen LogP contribution in [0.4, 0.5) is 0 Å². The molecule has 0 aromatic heterocycles. The first-order chi connectivity index (χ1) is 8.43. The molecule has 0 aromatic carbocycles. The van der Waals surface area contributed by atoms with Gasteiger partial charge in [-0.05, 0) is 37.0 Å². The highest BCUT2D eigenvalue weighted by Crippen LogP contribution is 2.40. The van der Waals surface area contributed by atoms with E-state index in [1.165, 1.54) is 38.8 Å². The van der Waals surface area contributed by atoms with E-state index in [1.54, 1.807) is 0 Å². The number of nitrogens with zero attached hydrogens (tertiary/aromatic N) is 1. The molecule has 0 aromatic rings.